The highest BCUT2D eigenvalue weighted by Crippen LogP contribution is 2.29. The van der Waals surface area contributed by atoms with Crippen molar-refractivity contribution in [2.24, 2.45) is 0 Å². The number of anilines is 1. The lowest BCUT2D eigenvalue weighted by Gasteiger charge is -2.10. The SMILES string of the molecule is CCOCCOC(=O)c1ccc(NC(=O)/C(C#N)=C/c2ccc(OCC)c(OC)c2)cc1. The first kappa shape index (κ1) is 24.4. The van der Waals surface area contributed by atoms with Crippen LogP contribution in [0.2, 0.25) is 0 Å². The third-order valence-electron chi connectivity index (χ3n) is 4.21. The zero-order valence-electron chi connectivity index (χ0n) is 18.3. The summed E-state index contributed by atoms with van der Waals surface area (Å²) in [6.07, 6.45) is 1.46. The van der Waals surface area contributed by atoms with Crippen molar-refractivity contribution >= 4 is 23.6 Å². The Kier molecular flexibility index (Phi) is 9.75. The second-order valence-corrected chi connectivity index (χ2v) is 6.38. The topological polar surface area (TPSA) is 107 Å². The molecule has 0 radical (unpaired) electrons. The van der Waals surface area contributed by atoms with E-state index in [2.05, 4.69) is 5.32 Å². The first-order valence-electron chi connectivity index (χ1n) is 10.1. The predicted octanol–water partition coefficient (Wildman–Crippen LogP) is 3.83. The van der Waals surface area contributed by atoms with E-state index in [1.54, 1.807) is 30.3 Å². The molecule has 168 valence electrons. The molecule has 0 heterocycles. The number of ether oxygens (including phenoxy) is 4. The standard InChI is InChI=1S/C24H26N2O6/c1-4-30-12-13-32-24(28)18-7-9-20(10-8-18)26-23(27)19(16-25)14-17-6-11-21(31-5-2)22(15-17)29-3/h6-11,14-15H,4-5,12-13H2,1-3H3,(H,26,27)/b19-14+. The number of nitriles is 1. The summed E-state index contributed by atoms with van der Waals surface area (Å²) in [4.78, 5) is 24.5. The van der Waals surface area contributed by atoms with Crippen LogP contribution in [-0.2, 0) is 14.3 Å². The molecule has 0 atom stereocenters. The average Bonchev–Trinajstić information content (AvgIpc) is 2.81. The van der Waals surface area contributed by atoms with Gasteiger partial charge in [0, 0.05) is 12.3 Å². The van der Waals surface area contributed by atoms with Gasteiger partial charge < -0.3 is 24.3 Å². The van der Waals surface area contributed by atoms with Crippen LogP contribution in [0.25, 0.3) is 6.08 Å². The molecule has 0 saturated heterocycles. The maximum absolute atomic E-state index is 12.5. The molecule has 32 heavy (non-hydrogen) atoms. The van der Waals surface area contributed by atoms with Crippen LogP contribution < -0.4 is 14.8 Å². The van der Waals surface area contributed by atoms with Crippen LogP contribution in [0, 0.1) is 11.3 Å². The summed E-state index contributed by atoms with van der Waals surface area (Å²) in [5.74, 6) is 0.0191. The van der Waals surface area contributed by atoms with Gasteiger partial charge in [0.1, 0.15) is 18.2 Å². The molecule has 0 spiro atoms. The fraction of sp³-hybridized carbons (Fsp3) is 0.292. The molecular formula is C24H26N2O6. The number of benzene rings is 2. The van der Waals surface area contributed by atoms with Crippen molar-refractivity contribution in [3.8, 4) is 17.6 Å². The number of carbonyl (C=O) groups is 2. The fourth-order valence-electron chi connectivity index (χ4n) is 2.67. The minimum Gasteiger partial charge on any atom is -0.493 e. The lowest BCUT2D eigenvalue weighted by molar-refractivity contribution is -0.112. The van der Waals surface area contributed by atoms with E-state index < -0.39 is 11.9 Å². The van der Waals surface area contributed by atoms with Crippen molar-refractivity contribution in [2.45, 2.75) is 13.8 Å². The van der Waals surface area contributed by atoms with Gasteiger partial charge in [-0.3, -0.25) is 4.79 Å². The van der Waals surface area contributed by atoms with Crippen molar-refractivity contribution in [3.05, 3.63) is 59.2 Å². The Labute approximate surface area is 187 Å². The average molecular weight is 438 g/mol. The van der Waals surface area contributed by atoms with Crippen LogP contribution in [-0.4, -0.2) is 45.4 Å². The van der Waals surface area contributed by atoms with E-state index in [4.69, 9.17) is 18.9 Å². The number of hydrogen-bond donors (Lipinski definition) is 1. The van der Waals surface area contributed by atoms with E-state index in [0.717, 1.165) is 0 Å². The minimum absolute atomic E-state index is 0.0874. The molecular weight excluding hydrogens is 412 g/mol. The van der Waals surface area contributed by atoms with E-state index in [1.165, 1.54) is 25.3 Å². The molecule has 0 unspecified atom stereocenters. The van der Waals surface area contributed by atoms with E-state index in [9.17, 15) is 14.9 Å². The number of hydrogen-bond acceptors (Lipinski definition) is 7. The summed E-state index contributed by atoms with van der Waals surface area (Å²) in [6, 6.07) is 13.2. The maximum Gasteiger partial charge on any atom is 0.338 e. The van der Waals surface area contributed by atoms with Gasteiger partial charge in [-0.1, -0.05) is 6.07 Å². The first-order valence-corrected chi connectivity index (χ1v) is 10.1. The monoisotopic (exact) mass is 438 g/mol. The summed E-state index contributed by atoms with van der Waals surface area (Å²) in [7, 11) is 1.52. The number of amides is 1. The highest BCUT2D eigenvalue weighted by Gasteiger charge is 2.12. The quantitative estimate of drug-likeness (QED) is 0.246. The van der Waals surface area contributed by atoms with Gasteiger partial charge in [-0.25, -0.2) is 4.79 Å². The van der Waals surface area contributed by atoms with E-state index in [1.807, 2.05) is 19.9 Å². The van der Waals surface area contributed by atoms with Crippen LogP contribution in [0.1, 0.15) is 29.8 Å². The Morgan fingerprint density at radius 2 is 1.78 bits per heavy atom. The molecule has 2 aromatic rings. The normalized spacial score (nSPS) is 10.8. The van der Waals surface area contributed by atoms with Crippen LogP contribution in [0.5, 0.6) is 11.5 Å². The summed E-state index contributed by atoms with van der Waals surface area (Å²) in [5.41, 5.74) is 1.31. The molecule has 2 aromatic carbocycles. The Bertz CT molecular complexity index is 993. The molecule has 8 heteroatoms. The number of rotatable bonds is 11. The third-order valence-corrected chi connectivity index (χ3v) is 4.21. The largest absolute Gasteiger partial charge is 0.493 e. The van der Waals surface area contributed by atoms with E-state index >= 15 is 0 Å². The molecule has 1 N–H and O–H groups in total. The maximum atomic E-state index is 12.5. The van der Waals surface area contributed by atoms with E-state index in [0.29, 0.717) is 48.1 Å². The number of esters is 1. The van der Waals surface area contributed by atoms with Gasteiger partial charge in [0.25, 0.3) is 5.91 Å². The summed E-state index contributed by atoms with van der Waals surface area (Å²) < 4.78 is 21.0. The lowest BCUT2D eigenvalue weighted by atomic mass is 10.1. The number of nitrogens with zero attached hydrogens (tertiary/aromatic N) is 1. The summed E-state index contributed by atoms with van der Waals surface area (Å²) >= 11 is 0. The summed E-state index contributed by atoms with van der Waals surface area (Å²) in [6.45, 7) is 5.26. The Morgan fingerprint density at radius 1 is 1.03 bits per heavy atom. The van der Waals surface area contributed by atoms with Crippen LogP contribution in [0.15, 0.2) is 48.0 Å². The van der Waals surface area contributed by atoms with Crippen molar-refractivity contribution in [1.29, 1.82) is 5.26 Å². The number of nitrogens with one attached hydrogen (secondary N) is 1. The van der Waals surface area contributed by atoms with E-state index in [-0.39, 0.29) is 12.2 Å². The lowest BCUT2D eigenvalue weighted by Crippen LogP contribution is -2.14. The Morgan fingerprint density at radius 3 is 2.41 bits per heavy atom. The molecule has 1 amide bonds. The molecule has 0 aliphatic carbocycles. The number of methoxy groups -OCH3 is 1. The van der Waals surface area contributed by atoms with Crippen LogP contribution in [0.4, 0.5) is 5.69 Å². The second kappa shape index (κ2) is 12.8. The van der Waals surface area contributed by atoms with Gasteiger partial charge in [0.05, 0.1) is 25.9 Å². The van der Waals surface area contributed by atoms with Gasteiger partial charge in [0.15, 0.2) is 11.5 Å². The zero-order valence-corrected chi connectivity index (χ0v) is 18.3. The van der Waals surface area contributed by atoms with Crippen LogP contribution >= 0.6 is 0 Å². The molecule has 8 nitrogen and oxygen atoms in total. The van der Waals surface area contributed by atoms with Gasteiger partial charge in [-0.2, -0.15) is 5.26 Å². The Hall–Kier alpha value is -3.83. The van der Waals surface area contributed by atoms with Gasteiger partial charge in [-0.05, 0) is 61.9 Å². The predicted molar refractivity (Wildman–Crippen MR) is 120 cm³/mol. The van der Waals surface area contributed by atoms with Gasteiger partial charge in [-0.15, -0.1) is 0 Å². The third kappa shape index (κ3) is 7.15. The van der Waals surface area contributed by atoms with Crippen molar-refractivity contribution in [2.75, 3.05) is 38.9 Å². The van der Waals surface area contributed by atoms with Crippen molar-refractivity contribution in [3.63, 3.8) is 0 Å². The molecule has 2 rings (SSSR count). The molecule has 0 aliphatic heterocycles. The second-order valence-electron chi connectivity index (χ2n) is 6.38. The van der Waals surface area contributed by atoms with Crippen molar-refractivity contribution < 1.29 is 28.5 Å². The Balaban J connectivity index is 2.05. The highest BCUT2D eigenvalue weighted by atomic mass is 16.6. The van der Waals surface area contributed by atoms with Crippen LogP contribution in [0.3, 0.4) is 0 Å². The minimum atomic E-state index is -0.576. The smallest absolute Gasteiger partial charge is 0.338 e. The molecule has 0 saturated carbocycles. The highest BCUT2D eigenvalue weighted by molar-refractivity contribution is 6.09. The molecule has 0 fully saturated rings. The van der Waals surface area contributed by atoms with Crippen molar-refractivity contribution in [1.82, 2.24) is 0 Å². The van der Waals surface area contributed by atoms with Gasteiger partial charge >= 0.3 is 5.97 Å². The molecule has 0 bridgehead atoms. The fourth-order valence-corrected chi connectivity index (χ4v) is 2.67. The molecule has 0 aliphatic rings. The first-order chi connectivity index (χ1) is 15.5. The van der Waals surface area contributed by atoms with Gasteiger partial charge in [0.2, 0.25) is 0 Å². The molecule has 0 aromatic heterocycles. The number of carbonyl (C=O) groups excluding carboxylic acids is 2. The zero-order chi connectivity index (χ0) is 23.3. The summed E-state index contributed by atoms with van der Waals surface area (Å²) in [5, 5.41) is 12.1.